The normalized spacial score (nSPS) is 10.7. The Labute approximate surface area is 186 Å². The third-order valence-electron chi connectivity index (χ3n) is 5.05. The smallest absolute Gasteiger partial charge is 0.320 e. The van der Waals surface area contributed by atoms with E-state index in [0.717, 1.165) is 24.8 Å². The molecule has 2 aromatic carbocycles. The monoisotopic (exact) mass is 427 g/mol. The highest BCUT2D eigenvalue weighted by molar-refractivity contribution is 5.89. The molecule has 162 valence electrons. The van der Waals surface area contributed by atoms with Crippen molar-refractivity contribution < 1.29 is 9.53 Å². The molecule has 7 heteroatoms. The SMILES string of the molecule is COc1ccccc1-c1cnc2ccc(NC(=O)NCCCCc3ccccc3)nc2n1. The summed E-state index contributed by atoms with van der Waals surface area (Å²) in [5.41, 5.74) is 3.90. The summed E-state index contributed by atoms with van der Waals surface area (Å²) in [6.45, 7) is 0.601. The molecule has 0 aliphatic heterocycles. The Balaban J connectivity index is 1.35. The zero-order chi connectivity index (χ0) is 22.2. The highest BCUT2D eigenvalue weighted by Crippen LogP contribution is 2.28. The Morgan fingerprint density at radius 1 is 0.938 bits per heavy atom. The molecular weight excluding hydrogens is 402 g/mol. The van der Waals surface area contributed by atoms with Crippen LogP contribution in [0.2, 0.25) is 0 Å². The van der Waals surface area contributed by atoms with E-state index in [1.165, 1.54) is 5.56 Å². The fourth-order valence-electron chi connectivity index (χ4n) is 3.41. The average molecular weight is 428 g/mol. The third-order valence-corrected chi connectivity index (χ3v) is 5.05. The number of fused-ring (bicyclic) bond motifs is 1. The number of aromatic nitrogens is 3. The predicted octanol–water partition coefficient (Wildman–Crippen LogP) is 4.84. The molecule has 0 radical (unpaired) electrons. The number of nitrogens with zero attached hydrogens (tertiary/aromatic N) is 3. The van der Waals surface area contributed by atoms with Crippen LogP contribution in [0.15, 0.2) is 72.9 Å². The van der Waals surface area contributed by atoms with Gasteiger partial charge in [-0.25, -0.2) is 14.8 Å². The molecule has 0 unspecified atom stereocenters. The second-order valence-corrected chi connectivity index (χ2v) is 7.32. The van der Waals surface area contributed by atoms with Gasteiger partial charge in [-0.05, 0) is 49.1 Å². The number of amides is 2. The third kappa shape index (κ3) is 5.37. The summed E-state index contributed by atoms with van der Waals surface area (Å²) in [6, 6.07) is 21.2. The molecule has 0 bridgehead atoms. The van der Waals surface area contributed by atoms with Crippen molar-refractivity contribution >= 4 is 23.0 Å². The Bertz CT molecular complexity index is 1200. The van der Waals surface area contributed by atoms with E-state index in [1.54, 1.807) is 25.4 Å². The first-order chi connectivity index (χ1) is 15.7. The number of nitrogens with one attached hydrogen (secondary N) is 2. The molecule has 0 spiro atoms. The van der Waals surface area contributed by atoms with E-state index < -0.39 is 0 Å². The Morgan fingerprint density at radius 2 is 1.75 bits per heavy atom. The topological polar surface area (TPSA) is 89.0 Å². The second kappa shape index (κ2) is 10.3. The number of methoxy groups -OCH3 is 1. The van der Waals surface area contributed by atoms with Crippen LogP contribution in [-0.2, 0) is 6.42 Å². The maximum atomic E-state index is 12.2. The molecule has 0 saturated heterocycles. The summed E-state index contributed by atoms with van der Waals surface area (Å²) < 4.78 is 5.41. The number of unbranched alkanes of at least 4 members (excludes halogenated alkanes) is 1. The largest absolute Gasteiger partial charge is 0.496 e. The standard InChI is InChI=1S/C25H25N5O2/c1-32-22-13-6-5-12-19(22)21-17-27-20-14-15-23(29-24(20)28-21)30-25(31)26-16-8-7-11-18-9-3-2-4-10-18/h2-6,9-10,12-15,17H,7-8,11,16H2,1H3,(H2,26,28,29,30,31). The summed E-state index contributed by atoms with van der Waals surface area (Å²) in [5.74, 6) is 1.13. The summed E-state index contributed by atoms with van der Waals surface area (Å²) in [5, 5.41) is 5.65. The molecular formula is C25H25N5O2. The van der Waals surface area contributed by atoms with E-state index in [-0.39, 0.29) is 6.03 Å². The van der Waals surface area contributed by atoms with Gasteiger partial charge in [0.2, 0.25) is 0 Å². The quantitative estimate of drug-likeness (QED) is 0.393. The van der Waals surface area contributed by atoms with Crippen molar-refractivity contribution in [2.24, 2.45) is 0 Å². The van der Waals surface area contributed by atoms with E-state index in [1.807, 2.05) is 42.5 Å². The second-order valence-electron chi connectivity index (χ2n) is 7.32. The van der Waals surface area contributed by atoms with E-state index >= 15 is 0 Å². The summed E-state index contributed by atoms with van der Waals surface area (Å²) in [6.07, 6.45) is 4.61. The molecule has 2 aromatic heterocycles. The molecule has 0 fully saturated rings. The minimum Gasteiger partial charge on any atom is -0.496 e. The number of ether oxygens (including phenoxy) is 1. The minimum absolute atomic E-state index is 0.287. The number of urea groups is 1. The molecule has 2 heterocycles. The summed E-state index contributed by atoms with van der Waals surface area (Å²) >= 11 is 0. The van der Waals surface area contributed by atoms with Gasteiger partial charge in [0.15, 0.2) is 5.65 Å². The predicted molar refractivity (Wildman–Crippen MR) is 126 cm³/mol. The molecule has 0 aliphatic rings. The summed E-state index contributed by atoms with van der Waals surface area (Å²) in [4.78, 5) is 25.7. The highest BCUT2D eigenvalue weighted by atomic mass is 16.5. The van der Waals surface area contributed by atoms with E-state index in [2.05, 4.69) is 37.7 Å². The maximum Gasteiger partial charge on any atom is 0.320 e. The van der Waals surface area contributed by atoms with Gasteiger partial charge in [0, 0.05) is 12.1 Å². The molecule has 0 saturated carbocycles. The molecule has 4 aromatic rings. The van der Waals surface area contributed by atoms with Crippen LogP contribution in [-0.4, -0.2) is 34.6 Å². The molecule has 0 aliphatic carbocycles. The number of benzene rings is 2. The van der Waals surface area contributed by atoms with Crippen LogP contribution in [0.3, 0.4) is 0 Å². The number of carbonyl (C=O) groups is 1. The lowest BCUT2D eigenvalue weighted by Crippen LogP contribution is -2.29. The number of aryl methyl sites for hydroxylation is 1. The Morgan fingerprint density at radius 3 is 2.59 bits per heavy atom. The molecule has 4 rings (SSSR count). The van der Waals surface area contributed by atoms with Gasteiger partial charge in [-0.1, -0.05) is 42.5 Å². The lowest BCUT2D eigenvalue weighted by molar-refractivity contribution is 0.252. The van der Waals surface area contributed by atoms with Crippen LogP contribution < -0.4 is 15.4 Å². The van der Waals surface area contributed by atoms with E-state index in [0.29, 0.717) is 35.0 Å². The first-order valence-electron chi connectivity index (χ1n) is 10.6. The number of hydrogen-bond donors (Lipinski definition) is 2. The van der Waals surface area contributed by atoms with Gasteiger partial charge in [-0.2, -0.15) is 0 Å². The van der Waals surface area contributed by atoms with E-state index in [4.69, 9.17) is 4.74 Å². The molecule has 0 atom stereocenters. The molecule has 2 amide bonds. The van der Waals surface area contributed by atoms with Gasteiger partial charge in [0.1, 0.15) is 17.1 Å². The number of pyridine rings is 1. The number of hydrogen-bond acceptors (Lipinski definition) is 5. The zero-order valence-electron chi connectivity index (χ0n) is 17.9. The van der Waals surface area contributed by atoms with E-state index in [9.17, 15) is 4.79 Å². The van der Waals surface area contributed by atoms with Crippen LogP contribution >= 0.6 is 0 Å². The number of carbonyl (C=O) groups excluding carboxylic acids is 1. The Hall–Kier alpha value is -4.00. The summed E-state index contributed by atoms with van der Waals surface area (Å²) in [7, 11) is 1.62. The van der Waals surface area contributed by atoms with Gasteiger partial charge >= 0.3 is 6.03 Å². The average Bonchev–Trinajstić information content (AvgIpc) is 2.84. The molecule has 32 heavy (non-hydrogen) atoms. The number of rotatable bonds is 8. The van der Waals surface area contributed by atoms with Crippen LogP contribution in [0.5, 0.6) is 5.75 Å². The van der Waals surface area contributed by atoms with Crippen molar-refractivity contribution in [2.45, 2.75) is 19.3 Å². The minimum atomic E-state index is -0.287. The van der Waals surface area contributed by atoms with Crippen molar-refractivity contribution in [3.63, 3.8) is 0 Å². The maximum absolute atomic E-state index is 12.2. The Kier molecular flexibility index (Phi) is 6.87. The fraction of sp³-hybridized carbons (Fsp3) is 0.200. The zero-order valence-corrected chi connectivity index (χ0v) is 17.9. The van der Waals surface area contributed by atoms with Crippen molar-refractivity contribution in [3.8, 4) is 17.0 Å². The van der Waals surface area contributed by atoms with Crippen molar-refractivity contribution in [1.82, 2.24) is 20.3 Å². The van der Waals surface area contributed by atoms with Gasteiger partial charge in [0.05, 0.1) is 19.0 Å². The van der Waals surface area contributed by atoms with Gasteiger partial charge in [-0.15, -0.1) is 0 Å². The first kappa shape index (κ1) is 21.2. The van der Waals surface area contributed by atoms with Crippen LogP contribution in [0, 0.1) is 0 Å². The van der Waals surface area contributed by atoms with Gasteiger partial charge < -0.3 is 10.1 Å². The molecule has 7 nitrogen and oxygen atoms in total. The first-order valence-corrected chi connectivity index (χ1v) is 10.6. The van der Waals surface area contributed by atoms with Gasteiger partial charge in [-0.3, -0.25) is 10.3 Å². The lowest BCUT2D eigenvalue weighted by atomic mass is 10.1. The fourth-order valence-corrected chi connectivity index (χ4v) is 3.41. The number of anilines is 1. The van der Waals surface area contributed by atoms with Crippen LogP contribution in [0.25, 0.3) is 22.4 Å². The van der Waals surface area contributed by atoms with Crippen molar-refractivity contribution in [1.29, 1.82) is 0 Å². The lowest BCUT2D eigenvalue weighted by Gasteiger charge is -2.09. The van der Waals surface area contributed by atoms with Crippen molar-refractivity contribution in [3.05, 3.63) is 78.5 Å². The van der Waals surface area contributed by atoms with Crippen LogP contribution in [0.4, 0.5) is 10.6 Å². The van der Waals surface area contributed by atoms with Crippen LogP contribution in [0.1, 0.15) is 18.4 Å². The molecule has 2 N–H and O–H groups in total. The van der Waals surface area contributed by atoms with Crippen molar-refractivity contribution in [2.75, 3.05) is 19.0 Å². The van der Waals surface area contributed by atoms with Gasteiger partial charge in [0.25, 0.3) is 0 Å². The highest BCUT2D eigenvalue weighted by Gasteiger charge is 2.10. The number of para-hydroxylation sites is 1.